The lowest BCUT2D eigenvalue weighted by Gasteiger charge is -2.34. The van der Waals surface area contributed by atoms with Gasteiger partial charge in [-0.2, -0.15) is 10.1 Å². The summed E-state index contributed by atoms with van der Waals surface area (Å²) in [6.07, 6.45) is 6.01. The molecule has 0 atom stereocenters. The van der Waals surface area contributed by atoms with E-state index in [1.54, 1.807) is 24.4 Å². The van der Waals surface area contributed by atoms with Crippen molar-refractivity contribution in [3.8, 4) is 0 Å². The fourth-order valence-electron chi connectivity index (χ4n) is 3.24. The molecule has 2 aromatic carbocycles. The monoisotopic (exact) mass is 390 g/mol. The average molecular weight is 390 g/mol. The minimum absolute atomic E-state index is 0.292. The van der Waals surface area contributed by atoms with Crippen LogP contribution in [0.4, 0.5) is 21.8 Å². The van der Waals surface area contributed by atoms with Crippen LogP contribution < -0.4 is 10.2 Å². The quantitative estimate of drug-likeness (QED) is 0.694. The minimum Gasteiger partial charge on any atom is -0.353 e. The molecule has 1 aliphatic rings. The summed E-state index contributed by atoms with van der Waals surface area (Å²) in [6, 6.07) is 16.8. The zero-order valence-corrected chi connectivity index (χ0v) is 16.1. The molecule has 4 rings (SSSR count). The van der Waals surface area contributed by atoms with Crippen LogP contribution >= 0.6 is 0 Å². The van der Waals surface area contributed by atoms with Crippen LogP contribution in [-0.2, 0) is 0 Å². The first-order chi connectivity index (χ1) is 14.3. The van der Waals surface area contributed by atoms with E-state index in [1.807, 2.05) is 18.2 Å². The van der Waals surface area contributed by atoms with E-state index in [-0.39, 0.29) is 5.82 Å². The van der Waals surface area contributed by atoms with E-state index >= 15 is 0 Å². The van der Waals surface area contributed by atoms with Gasteiger partial charge in [0.1, 0.15) is 5.82 Å². The summed E-state index contributed by atoms with van der Waals surface area (Å²) in [7, 11) is 0. The van der Waals surface area contributed by atoms with Crippen molar-refractivity contribution in [1.82, 2.24) is 20.1 Å². The first-order valence-corrected chi connectivity index (χ1v) is 9.68. The van der Waals surface area contributed by atoms with Gasteiger partial charge in [-0.05, 0) is 17.7 Å². The molecule has 1 aliphatic heterocycles. The highest BCUT2D eigenvalue weighted by molar-refractivity contribution is 5.55. The molecular formula is C22H23FN6. The molecule has 0 unspecified atom stereocenters. The molecule has 2 heterocycles. The second kappa shape index (κ2) is 9.25. The first-order valence-electron chi connectivity index (χ1n) is 9.68. The van der Waals surface area contributed by atoms with Crippen LogP contribution in [0, 0.1) is 5.82 Å². The number of halogens is 1. The van der Waals surface area contributed by atoms with Crippen LogP contribution in [0.5, 0.6) is 0 Å². The van der Waals surface area contributed by atoms with E-state index in [4.69, 9.17) is 0 Å². The zero-order chi connectivity index (χ0) is 19.9. The number of nitrogens with zero attached hydrogens (tertiary/aromatic N) is 5. The highest BCUT2D eigenvalue weighted by Crippen LogP contribution is 2.19. The molecule has 1 saturated heterocycles. The third-order valence-electron chi connectivity index (χ3n) is 4.84. The van der Waals surface area contributed by atoms with Crippen molar-refractivity contribution < 1.29 is 4.39 Å². The Kier molecular flexibility index (Phi) is 6.07. The summed E-state index contributed by atoms with van der Waals surface area (Å²) >= 11 is 0. The van der Waals surface area contributed by atoms with Gasteiger partial charge in [-0.25, -0.2) is 4.39 Å². The minimum atomic E-state index is -0.348. The normalized spacial score (nSPS) is 15.0. The number of benzene rings is 2. The van der Waals surface area contributed by atoms with E-state index in [0.717, 1.165) is 38.5 Å². The van der Waals surface area contributed by atoms with Gasteiger partial charge in [0, 0.05) is 32.7 Å². The lowest BCUT2D eigenvalue weighted by Crippen LogP contribution is -2.46. The van der Waals surface area contributed by atoms with E-state index < -0.39 is 0 Å². The number of piperazine rings is 1. The number of nitrogens with one attached hydrogen (secondary N) is 1. The standard InChI is InChI=1S/C22H23FN6/c23-19-10-4-5-11-20(19)25-22-26-21(17-24-27-22)29-15-13-28(14-16-29)12-6-9-18-7-2-1-3-8-18/h1-11,17H,12-16H2,(H,25,26,27)/b9-6+. The van der Waals surface area contributed by atoms with Gasteiger partial charge >= 0.3 is 0 Å². The Labute approximate surface area is 169 Å². The molecular weight excluding hydrogens is 367 g/mol. The molecule has 6 nitrogen and oxygen atoms in total. The molecule has 0 amide bonds. The number of rotatable bonds is 6. The van der Waals surface area contributed by atoms with Gasteiger partial charge in [-0.1, -0.05) is 54.6 Å². The maximum atomic E-state index is 13.8. The van der Waals surface area contributed by atoms with Gasteiger partial charge < -0.3 is 10.2 Å². The van der Waals surface area contributed by atoms with E-state index in [0.29, 0.717) is 11.6 Å². The fourth-order valence-corrected chi connectivity index (χ4v) is 3.24. The molecule has 7 heteroatoms. The van der Waals surface area contributed by atoms with Crippen LogP contribution in [0.25, 0.3) is 6.08 Å². The third-order valence-corrected chi connectivity index (χ3v) is 4.84. The van der Waals surface area contributed by atoms with Crippen molar-refractivity contribution in [3.63, 3.8) is 0 Å². The van der Waals surface area contributed by atoms with Crippen molar-refractivity contribution in [2.75, 3.05) is 42.9 Å². The highest BCUT2D eigenvalue weighted by Gasteiger charge is 2.18. The van der Waals surface area contributed by atoms with Gasteiger partial charge in [0.2, 0.25) is 5.95 Å². The van der Waals surface area contributed by atoms with Crippen LogP contribution in [0.3, 0.4) is 0 Å². The number of para-hydroxylation sites is 1. The SMILES string of the molecule is Fc1ccccc1Nc1nncc(N2CCN(C/C=C/c3ccccc3)CC2)n1. The highest BCUT2D eigenvalue weighted by atomic mass is 19.1. The van der Waals surface area contributed by atoms with Crippen molar-refractivity contribution in [1.29, 1.82) is 0 Å². The molecule has 0 saturated carbocycles. The van der Waals surface area contributed by atoms with Crippen molar-refractivity contribution >= 4 is 23.5 Å². The molecule has 1 N–H and O–H groups in total. The molecule has 0 radical (unpaired) electrons. The summed E-state index contributed by atoms with van der Waals surface area (Å²) in [5.74, 6) is 0.692. The summed E-state index contributed by atoms with van der Waals surface area (Å²) in [5.41, 5.74) is 1.55. The number of hydrogen-bond donors (Lipinski definition) is 1. The molecule has 0 spiro atoms. The number of aromatic nitrogens is 3. The summed E-state index contributed by atoms with van der Waals surface area (Å²) in [5, 5.41) is 10.9. The van der Waals surface area contributed by atoms with Crippen LogP contribution in [0.1, 0.15) is 5.56 Å². The Bertz CT molecular complexity index is 954. The predicted molar refractivity (Wildman–Crippen MR) is 114 cm³/mol. The number of hydrogen-bond acceptors (Lipinski definition) is 6. The molecule has 148 valence electrons. The molecule has 0 bridgehead atoms. The molecule has 1 fully saturated rings. The van der Waals surface area contributed by atoms with Crippen LogP contribution in [-0.4, -0.2) is 52.8 Å². The Balaban J connectivity index is 1.32. The summed E-state index contributed by atoms with van der Waals surface area (Å²) < 4.78 is 13.8. The van der Waals surface area contributed by atoms with E-state index in [1.165, 1.54) is 11.6 Å². The van der Waals surface area contributed by atoms with Gasteiger partial charge in [-0.3, -0.25) is 4.90 Å². The molecule has 0 aliphatic carbocycles. The predicted octanol–water partition coefficient (Wildman–Crippen LogP) is 3.59. The van der Waals surface area contributed by atoms with E-state index in [2.05, 4.69) is 54.6 Å². The first kappa shape index (κ1) is 19.0. The average Bonchev–Trinajstić information content (AvgIpc) is 2.77. The molecule has 29 heavy (non-hydrogen) atoms. The van der Waals surface area contributed by atoms with Crippen LogP contribution in [0.2, 0.25) is 0 Å². The maximum absolute atomic E-state index is 13.8. The Morgan fingerprint density at radius 2 is 1.72 bits per heavy atom. The van der Waals surface area contributed by atoms with Gasteiger partial charge in [0.15, 0.2) is 5.82 Å². The maximum Gasteiger partial charge on any atom is 0.249 e. The second-order valence-electron chi connectivity index (χ2n) is 6.84. The fraction of sp³-hybridized carbons (Fsp3) is 0.227. The van der Waals surface area contributed by atoms with E-state index in [9.17, 15) is 4.39 Å². The lowest BCUT2D eigenvalue weighted by molar-refractivity contribution is 0.283. The summed E-state index contributed by atoms with van der Waals surface area (Å²) in [4.78, 5) is 9.09. The Hall–Kier alpha value is -3.32. The van der Waals surface area contributed by atoms with Crippen molar-refractivity contribution in [2.24, 2.45) is 0 Å². The second-order valence-corrected chi connectivity index (χ2v) is 6.84. The van der Waals surface area contributed by atoms with Crippen molar-refractivity contribution in [2.45, 2.75) is 0 Å². The topological polar surface area (TPSA) is 57.2 Å². The molecule has 3 aromatic rings. The van der Waals surface area contributed by atoms with Gasteiger partial charge in [0.25, 0.3) is 0 Å². The Morgan fingerprint density at radius 3 is 2.52 bits per heavy atom. The Morgan fingerprint density at radius 1 is 0.966 bits per heavy atom. The zero-order valence-electron chi connectivity index (χ0n) is 16.1. The lowest BCUT2D eigenvalue weighted by atomic mass is 10.2. The van der Waals surface area contributed by atoms with Crippen LogP contribution in [0.15, 0.2) is 66.9 Å². The number of anilines is 3. The largest absolute Gasteiger partial charge is 0.353 e. The van der Waals surface area contributed by atoms with Gasteiger partial charge in [0.05, 0.1) is 11.9 Å². The third kappa shape index (κ3) is 5.14. The smallest absolute Gasteiger partial charge is 0.249 e. The van der Waals surface area contributed by atoms with Gasteiger partial charge in [-0.15, -0.1) is 5.10 Å². The molecule has 1 aromatic heterocycles. The summed E-state index contributed by atoms with van der Waals surface area (Å²) in [6.45, 7) is 4.53. The van der Waals surface area contributed by atoms with Crippen molar-refractivity contribution in [3.05, 3.63) is 78.3 Å².